The van der Waals surface area contributed by atoms with Crippen molar-refractivity contribution >= 4 is 17.1 Å². The average Bonchev–Trinajstić information content (AvgIpc) is 3.63. The zero-order valence-corrected chi connectivity index (χ0v) is 50.0. The van der Waals surface area contributed by atoms with Crippen LogP contribution in [-0.4, -0.2) is 0 Å². The van der Waals surface area contributed by atoms with Gasteiger partial charge in [0.15, 0.2) is 0 Å². The van der Waals surface area contributed by atoms with Crippen molar-refractivity contribution in [1.29, 1.82) is 0 Å². The van der Waals surface area contributed by atoms with E-state index in [0.29, 0.717) is 0 Å². The standard InChI is InChI=1S/C75H87N/c1-69(2,3)56-36-50(34-51(37-56)52-35-53(39-57(38-52)70(4,5)6)55-42-60(73(13,14)15)46-61(43-55)74(16,17)18)49-24-23-25-63(44-49)76(64-32-33-66-65-26-21-22-27-67(65)75(19,20)68(66)47-64)62-30-28-48(29-31-62)54-40-58(71(7,8)9)45-59(41-54)72(10,11)12/h21-47H,1-20H3. The molecule has 0 heterocycles. The Labute approximate surface area is 459 Å². The lowest BCUT2D eigenvalue weighted by molar-refractivity contribution is 0.568. The van der Waals surface area contributed by atoms with Gasteiger partial charge in [-0.15, -0.1) is 0 Å². The summed E-state index contributed by atoms with van der Waals surface area (Å²) in [5, 5.41) is 0. The molecule has 0 radical (unpaired) electrons. The van der Waals surface area contributed by atoms with Gasteiger partial charge in [-0.05, 0) is 181 Å². The molecule has 0 atom stereocenters. The fraction of sp³-hybridized carbons (Fsp3) is 0.360. The monoisotopic (exact) mass is 1000 g/mol. The zero-order valence-electron chi connectivity index (χ0n) is 50.0. The third-order valence-corrected chi connectivity index (χ3v) is 16.3. The molecule has 0 N–H and O–H groups in total. The highest BCUT2D eigenvalue weighted by Gasteiger charge is 2.36. The van der Waals surface area contributed by atoms with E-state index in [9.17, 15) is 0 Å². The first-order valence-corrected chi connectivity index (χ1v) is 28.1. The number of nitrogens with zero attached hydrogens (tertiary/aromatic N) is 1. The maximum Gasteiger partial charge on any atom is 0.0467 e. The Morgan fingerprint density at radius 3 is 1.03 bits per heavy atom. The van der Waals surface area contributed by atoms with E-state index >= 15 is 0 Å². The van der Waals surface area contributed by atoms with E-state index in [2.05, 4.69) is 307 Å². The van der Waals surface area contributed by atoms with Crippen molar-refractivity contribution in [3.8, 4) is 55.6 Å². The number of anilines is 3. The topological polar surface area (TPSA) is 3.24 Å². The Morgan fingerprint density at radius 1 is 0.250 bits per heavy atom. The van der Waals surface area contributed by atoms with Crippen molar-refractivity contribution in [2.45, 2.75) is 176 Å². The third kappa shape index (κ3) is 10.9. The first-order valence-electron chi connectivity index (χ1n) is 28.1. The molecular formula is C75H87N. The van der Waals surface area contributed by atoms with Crippen molar-refractivity contribution < 1.29 is 0 Å². The quantitative estimate of drug-likeness (QED) is 0.154. The van der Waals surface area contributed by atoms with E-state index in [1.165, 1.54) is 100 Å². The van der Waals surface area contributed by atoms with Crippen molar-refractivity contribution in [3.63, 3.8) is 0 Å². The van der Waals surface area contributed by atoms with E-state index in [-0.39, 0.29) is 37.9 Å². The summed E-state index contributed by atoms with van der Waals surface area (Å²) in [4.78, 5) is 2.48. The van der Waals surface area contributed by atoms with E-state index in [1.54, 1.807) is 0 Å². The first-order chi connectivity index (χ1) is 35.2. The Hall–Kier alpha value is -6.44. The number of benzene rings is 8. The van der Waals surface area contributed by atoms with Crippen molar-refractivity contribution in [3.05, 3.63) is 208 Å². The van der Waals surface area contributed by atoms with Crippen molar-refractivity contribution in [1.82, 2.24) is 0 Å². The van der Waals surface area contributed by atoms with Crippen molar-refractivity contribution in [2.75, 3.05) is 4.90 Å². The lowest BCUT2D eigenvalue weighted by Crippen LogP contribution is -2.17. The van der Waals surface area contributed by atoms with Crippen LogP contribution in [0.1, 0.15) is 183 Å². The number of fused-ring (bicyclic) bond motifs is 3. The molecule has 1 aliphatic carbocycles. The van der Waals surface area contributed by atoms with Gasteiger partial charge in [0.05, 0.1) is 0 Å². The van der Waals surface area contributed by atoms with Gasteiger partial charge in [-0.25, -0.2) is 0 Å². The number of rotatable bonds is 7. The summed E-state index contributed by atoms with van der Waals surface area (Å²) < 4.78 is 0. The summed E-state index contributed by atoms with van der Waals surface area (Å²) in [6, 6.07) is 63.9. The molecule has 0 aliphatic heterocycles. The van der Waals surface area contributed by atoms with Gasteiger partial charge in [0.1, 0.15) is 0 Å². The first kappa shape index (κ1) is 54.4. The highest BCUT2D eigenvalue weighted by atomic mass is 15.1. The van der Waals surface area contributed by atoms with Gasteiger partial charge in [-0.2, -0.15) is 0 Å². The minimum absolute atomic E-state index is 0.0160. The average molecular weight is 1000 g/mol. The predicted molar refractivity (Wildman–Crippen MR) is 333 cm³/mol. The second kappa shape index (κ2) is 18.9. The second-order valence-corrected chi connectivity index (χ2v) is 29.0. The fourth-order valence-corrected chi connectivity index (χ4v) is 11.0. The van der Waals surface area contributed by atoms with Crippen LogP contribution in [0.25, 0.3) is 55.6 Å². The van der Waals surface area contributed by atoms with Crippen LogP contribution in [0.3, 0.4) is 0 Å². The summed E-state index contributed by atoms with van der Waals surface area (Å²) in [7, 11) is 0. The molecule has 1 heteroatoms. The predicted octanol–water partition coefficient (Wildman–Crippen LogP) is 21.9. The summed E-state index contributed by atoms with van der Waals surface area (Å²) >= 11 is 0. The maximum absolute atomic E-state index is 2.48. The second-order valence-electron chi connectivity index (χ2n) is 29.0. The molecule has 0 unspecified atom stereocenters. The van der Waals surface area contributed by atoms with E-state index in [1.807, 2.05) is 0 Å². The SMILES string of the molecule is CC(C)(C)c1cc(-c2cccc(N(c3ccc(-c4cc(C(C)(C)C)cc(C(C)(C)C)c4)cc3)c3ccc4c(c3)C(C)(C)c3ccccc3-4)c2)cc(-c2cc(-c3cc(C(C)(C)C)cc(C(C)(C)C)c3)cc(C(C)(C)C)c2)c1. The molecule has 0 fully saturated rings. The third-order valence-electron chi connectivity index (χ3n) is 16.3. The van der Waals surface area contributed by atoms with E-state index in [0.717, 1.165) is 17.1 Å². The van der Waals surface area contributed by atoms with Crippen LogP contribution in [0.5, 0.6) is 0 Å². The Bertz CT molecular complexity index is 3410. The van der Waals surface area contributed by atoms with Gasteiger partial charge in [0, 0.05) is 22.5 Å². The smallest absolute Gasteiger partial charge is 0.0467 e. The van der Waals surface area contributed by atoms with Crippen LogP contribution < -0.4 is 4.90 Å². The molecule has 0 saturated carbocycles. The largest absolute Gasteiger partial charge is 0.310 e. The van der Waals surface area contributed by atoms with Gasteiger partial charge in [0.2, 0.25) is 0 Å². The van der Waals surface area contributed by atoms with Gasteiger partial charge in [-0.1, -0.05) is 254 Å². The molecule has 8 aromatic carbocycles. The van der Waals surface area contributed by atoms with Gasteiger partial charge in [-0.3, -0.25) is 0 Å². The molecule has 0 bridgehead atoms. The normalized spacial score (nSPS) is 13.9. The van der Waals surface area contributed by atoms with E-state index < -0.39 is 0 Å². The van der Waals surface area contributed by atoms with Crippen LogP contribution in [0, 0.1) is 0 Å². The summed E-state index contributed by atoms with van der Waals surface area (Å²) in [6.07, 6.45) is 0. The van der Waals surface area contributed by atoms with Gasteiger partial charge in [0.25, 0.3) is 0 Å². The molecule has 1 aliphatic rings. The van der Waals surface area contributed by atoms with Crippen LogP contribution >= 0.6 is 0 Å². The van der Waals surface area contributed by atoms with Crippen LogP contribution in [0.4, 0.5) is 17.1 Å². The maximum atomic E-state index is 2.48. The van der Waals surface area contributed by atoms with Gasteiger partial charge < -0.3 is 4.90 Å². The number of hydrogen-bond donors (Lipinski definition) is 0. The minimum atomic E-state index is -0.139. The molecule has 0 amide bonds. The van der Waals surface area contributed by atoms with E-state index in [4.69, 9.17) is 0 Å². The molecule has 392 valence electrons. The van der Waals surface area contributed by atoms with Gasteiger partial charge >= 0.3 is 0 Å². The van der Waals surface area contributed by atoms with Crippen LogP contribution in [0.2, 0.25) is 0 Å². The molecule has 0 saturated heterocycles. The fourth-order valence-electron chi connectivity index (χ4n) is 11.0. The van der Waals surface area contributed by atoms with Crippen LogP contribution in [0.15, 0.2) is 164 Å². The Morgan fingerprint density at radius 2 is 0.592 bits per heavy atom. The Balaban J connectivity index is 1.21. The summed E-state index contributed by atoms with van der Waals surface area (Å²) in [5.74, 6) is 0. The van der Waals surface area contributed by atoms with Crippen LogP contribution in [-0.2, 0) is 37.9 Å². The summed E-state index contributed by atoms with van der Waals surface area (Å²) in [6.45, 7) is 46.8. The minimum Gasteiger partial charge on any atom is -0.310 e. The number of hydrogen-bond acceptors (Lipinski definition) is 1. The molecule has 8 aromatic rings. The highest BCUT2D eigenvalue weighted by molar-refractivity contribution is 5.88. The zero-order chi connectivity index (χ0) is 55.3. The molecule has 1 nitrogen and oxygen atoms in total. The lowest BCUT2D eigenvalue weighted by atomic mass is 9.77. The highest BCUT2D eigenvalue weighted by Crippen LogP contribution is 2.51. The molecular weight excluding hydrogens is 915 g/mol. The lowest BCUT2D eigenvalue weighted by Gasteiger charge is -2.29. The molecule has 0 aromatic heterocycles. The molecule has 9 rings (SSSR count). The molecule has 0 spiro atoms. The summed E-state index contributed by atoms with van der Waals surface area (Å²) in [5.41, 5.74) is 26.6. The van der Waals surface area contributed by atoms with Crippen molar-refractivity contribution in [2.24, 2.45) is 0 Å². The molecule has 76 heavy (non-hydrogen) atoms. The Kier molecular flexibility index (Phi) is 13.5.